The van der Waals surface area contributed by atoms with Gasteiger partial charge in [-0.15, -0.1) is 10.2 Å². The number of nitrogens with one attached hydrogen (secondary N) is 1. The number of rotatable bonds is 13. The number of nitrogens with zero attached hydrogens (tertiary/aromatic N) is 3. The van der Waals surface area contributed by atoms with E-state index in [2.05, 4.69) is 83.7 Å². The van der Waals surface area contributed by atoms with Crippen LogP contribution < -0.4 is 10.1 Å². The van der Waals surface area contributed by atoms with E-state index in [0.29, 0.717) is 16.8 Å². The number of aromatic nitrogens is 3. The average molecular weight is 545 g/mol. The fourth-order valence-electron chi connectivity index (χ4n) is 4.09. The van der Waals surface area contributed by atoms with Crippen LogP contribution in [0.3, 0.4) is 0 Å². The predicted octanol–water partition coefficient (Wildman–Crippen LogP) is 7.79. The van der Waals surface area contributed by atoms with Crippen LogP contribution in [0, 0.1) is 5.92 Å². The number of hydrogen-bond donors (Lipinski definition) is 1. The third-order valence-electron chi connectivity index (χ3n) is 6.22. The molecule has 3 rings (SSSR count). The van der Waals surface area contributed by atoms with Gasteiger partial charge in [-0.05, 0) is 47.6 Å². The van der Waals surface area contributed by atoms with E-state index in [1.54, 1.807) is 0 Å². The molecular formula is C29H38F2N4O2S. The average Bonchev–Trinajstić information content (AvgIpc) is 3.25. The highest BCUT2D eigenvalue weighted by atomic mass is 32.2. The fraction of sp³-hybridized carbons (Fsp3) is 0.483. The van der Waals surface area contributed by atoms with Crippen molar-refractivity contribution in [3.63, 3.8) is 0 Å². The van der Waals surface area contributed by atoms with Crippen LogP contribution in [0.1, 0.15) is 65.9 Å². The second kappa shape index (κ2) is 13.7. The van der Waals surface area contributed by atoms with Crippen molar-refractivity contribution in [2.75, 3.05) is 11.1 Å². The van der Waals surface area contributed by atoms with Crippen LogP contribution in [-0.4, -0.2) is 33.0 Å². The van der Waals surface area contributed by atoms with Gasteiger partial charge in [0.05, 0.1) is 5.75 Å². The molecule has 206 valence electrons. The Morgan fingerprint density at radius 1 is 1.05 bits per heavy atom. The summed E-state index contributed by atoms with van der Waals surface area (Å²) >= 11 is 1.33. The van der Waals surface area contributed by atoms with Gasteiger partial charge >= 0.3 is 6.61 Å². The number of halogens is 2. The Balaban J connectivity index is 1.73. The Hall–Kier alpha value is -2.94. The third-order valence-corrected chi connectivity index (χ3v) is 7.18. The van der Waals surface area contributed by atoms with Gasteiger partial charge in [-0.25, -0.2) is 0 Å². The summed E-state index contributed by atoms with van der Waals surface area (Å²) in [6.45, 7) is 8.89. The first-order chi connectivity index (χ1) is 18.1. The lowest BCUT2D eigenvalue weighted by Crippen LogP contribution is -2.15. The Morgan fingerprint density at radius 2 is 1.74 bits per heavy atom. The zero-order valence-corrected chi connectivity index (χ0v) is 23.7. The minimum Gasteiger partial charge on any atom is -0.435 e. The zero-order chi connectivity index (χ0) is 27.7. The number of alkyl halides is 2. The molecule has 1 amide bonds. The lowest BCUT2D eigenvalue weighted by molar-refractivity contribution is -0.113. The van der Waals surface area contributed by atoms with Crippen molar-refractivity contribution in [3.8, 4) is 17.1 Å². The number of ether oxygens (including phenoxy) is 1. The second-order valence-corrected chi connectivity index (χ2v) is 11.5. The summed E-state index contributed by atoms with van der Waals surface area (Å²) in [6.07, 6.45) is 4.69. The Kier molecular flexibility index (Phi) is 10.7. The van der Waals surface area contributed by atoms with Crippen molar-refractivity contribution in [2.45, 2.75) is 84.0 Å². The summed E-state index contributed by atoms with van der Waals surface area (Å²) in [4.78, 5) is 12.6. The van der Waals surface area contributed by atoms with E-state index in [9.17, 15) is 13.6 Å². The normalized spacial score (nSPS) is 12.5. The van der Waals surface area contributed by atoms with Gasteiger partial charge in [-0.3, -0.25) is 4.79 Å². The van der Waals surface area contributed by atoms with Crippen LogP contribution in [0.25, 0.3) is 11.4 Å². The van der Waals surface area contributed by atoms with Gasteiger partial charge in [-0.2, -0.15) is 8.78 Å². The largest absolute Gasteiger partial charge is 0.435 e. The van der Waals surface area contributed by atoms with Crippen LogP contribution in [-0.2, 0) is 16.8 Å². The molecule has 0 aliphatic rings. The number of thioether (sulfide) groups is 1. The maximum Gasteiger partial charge on any atom is 0.387 e. The summed E-state index contributed by atoms with van der Waals surface area (Å²) in [5.41, 5.74) is 2.81. The van der Waals surface area contributed by atoms with Crippen molar-refractivity contribution in [1.29, 1.82) is 0 Å². The molecule has 0 fully saturated rings. The first kappa shape index (κ1) is 29.6. The van der Waals surface area contributed by atoms with Crippen LogP contribution >= 0.6 is 11.8 Å². The van der Waals surface area contributed by atoms with Crippen LogP contribution in [0.15, 0.2) is 53.7 Å². The van der Waals surface area contributed by atoms with Crippen molar-refractivity contribution >= 4 is 23.4 Å². The fourth-order valence-corrected chi connectivity index (χ4v) is 4.83. The minimum atomic E-state index is -2.89. The Morgan fingerprint density at radius 3 is 2.34 bits per heavy atom. The summed E-state index contributed by atoms with van der Waals surface area (Å²) in [5, 5.41) is 12.4. The summed E-state index contributed by atoms with van der Waals surface area (Å²) in [7, 11) is 0. The lowest BCUT2D eigenvalue weighted by atomic mass is 9.86. The van der Waals surface area contributed by atoms with Crippen LogP contribution in [0.2, 0.25) is 0 Å². The lowest BCUT2D eigenvalue weighted by Gasteiger charge is -2.19. The molecule has 0 saturated heterocycles. The molecule has 2 aromatic carbocycles. The van der Waals surface area contributed by atoms with E-state index in [4.69, 9.17) is 0 Å². The molecule has 3 aromatic rings. The van der Waals surface area contributed by atoms with Gasteiger partial charge in [-0.1, -0.05) is 89.9 Å². The number of unbranched alkanes of at least 4 members (excludes halogenated alkanes) is 2. The molecule has 0 bridgehead atoms. The van der Waals surface area contributed by atoms with E-state index < -0.39 is 6.61 Å². The molecule has 1 atom stereocenters. The Bertz CT molecular complexity index is 1160. The van der Waals surface area contributed by atoms with Crippen molar-refractivity contribution in [2.24, 2.45) is 5.92 Å². The number of carbonyl (C=O) groups excluding carboxylic acids is 1. The highest BCUT2D eigenvalue weighted by molar-refractivity contribution is 7.99. The maximum absolute atomic E-state index is 12.6. The molecule has 38 heavy (non-hydrogen) atoms. The van der Waals surface area contributed by atoms with E-state index in [-0.39, 0.29) is 22.8 Å². The van der Waals surface area contributed by atoms with Gasteiger partial charge in [0.2, 0.25) is 5.91 Å². The molecule has 1 N–H and O–H groups in total. The maximum atomic E-state index is 12.6. The smallest absolute Gasteiger partial charge is 0.387 e. The van der Waals surface area contributed by atoms with Crippen molar-refractivity contribution in [3.05, 3.63) is 54.1 Å². The number of hydrogen-bond acceptors (Lipinski definition) is 5. The molecule has 6 nitrogen and oxygen atoms in total. The second-order valence-electron chi connectivity index (χ2n) is 10.6. The SMILES string of the molecule is CCCCC[C@@H](C)Cn1c(SCC(=O)Nc2ccc(OC(F)F)cc2)nnc1-c1ccc(C(C)(C)C)cc1. The number of amides is 1. The topological polar surface area (TPSA) is 69.0 Å². The van der Waals surface area contributed by atoms with Gasteiger partial charge in [0.1, 0.15) is 5.75 Å². The van der Waals surface area contributed by atoms with E-state index in [1.165, 1.54) is 60.9 Å². The van der Waals surface area contributed by atoms with Gasteiger partial charge in [0.15, 0.2) is 11.0 Å². The summed E-state index contributed by atoms with van der Waals surface area (Å²) in [6, 6.07) is 14.3. The van der Waals surface area contributed by atoms with E-state index >= 15 is 0 Å². The molecule has 0 radical (unpaired) electrons. The van der Waals surface area contributed by atoms with Gasteiger partial charge < -0.3 is 14.6 Å². The van der Waals surface area contributed by atoms with Crippen LogP contribution in [0.5, 0.6) is 5.75 Å². The highest BCUT2D eigenvalue weighted by Crippen LogP contribution is 2.29. The van der Waals surface area contributed by atoms with Crippen molar-refractivity contribution in [1.82, 2.24) is 14.8 Å². The standard InChI is InChI=1S/C29H38F2N4O2S/c1-6-7-8-9-20(2)18-35-26(21-10-12-22(13-11-21)29(3,4)5)33-34-28(35)38-19-25(36)32-23-14-16-24(17-15-23)37-27(30)31/h10-17,20,27H,6-9,18-19H2,1-5H3,(H,32,36)/t20-/m1/s1. The summed E-state index contributed by atoms with van der Waals surface area (Å²) in [5.74, 6) is 1.19. The van der Waals surface area contributed by atoms with E-state index in [1.807, 2.05) is 0 Å². The first-order valence-corrected chi connectivity index (χ1v) is 14.1. The Labute approximate surface area is 228 Å². The predicted molar refractivity (Wildman–Crippen MR) is 150 cm³/mol. The van der Waals surface area contributed by atoms with Gasteiger partial charge in [0.25, 0.3) is 0 Å². The molecule has 1 heterocycles. The first-order valence-electron chi connectivity index (χ1n) is 13.1. The number of anilines is 1. The molecule has 0 saturated carbocycles. The molecule has 0 aliphatic carbocycles. The molecule has 1 aromatic heterocycles. The molecule has 9 heteroatoms. The highest BCUT2D eigenvalue weighted by Gasteiger charge is 2.19. The third kappa shape index (κ3) is 8.82. The number of carbonyl (C=O) groups is 1. The van der Waals surface area contributed by atoms with E-state index in [0.717, 1.165) is 24.4 Å². The number of benzene rings is 2. The molecular weight excluding hydrogens is 506 g/mol. The molecule has 0 spiro atoms. The minimum absolute atomic E-state index is 0.0385. The summed E-state index contributed by atoms with van der Waals surface area (Å²) < 4.78 is 31.2. The zero-order valence-electron chi connectivity index (χ0n) is 22.8. The monoisotopic (exact) mass is 544 g/mol. The molecule has 0 unspecified atom stereocenters. The van der Waals surface area contributed by atoms with Gasteiger partial charge in [0, 0.05) is 17.8 Å². The molecule has 0 aliphatic heterocycles. The van der Waals surface area contributed by atoms with Crippen LogP contribution in [0.4, 0.5) is 14.5 Å². The quantitative estimate of drug-likeness (QED) is 0.176. The van der Waals surface area contributed by atoms with Crippen molar-refractivity contribution < 1.29 is 18.3 Å².